The van der Waals surface area contributed by atoms with Gasteiger partial charge in [-0.15, -0.1) is 0 Å². The summed E-state index contributed by atoms with van der Waals surface area (Å²) in [6.07, 6.45) is 5.56. The van der Waals surface area contributed by atoms with Crippen LogP contribution in [0.3, 0.4) is 0 Å². The third kappa shape index (κ3) is 10.4. The fourth-order valence-electron chi connectivity index (χ4n) is 6.85. The topological polar surface area (TPSA) is 55.8 Å². The highest BCUT2D eigenvalue weighted by Gasteiger charge is 2.18. The van der Waals surface area contributed by atoms with Crippen molar-refractivity contribution in [3.05, 3.63) is 210 Å². The largest absolute Gasteiger partial charge is 0.463 e. The number of benzene rings is 6. The molecule has 282 valence electrons. The molecule has 0 heterocycles. The third-order valence-corrected chi connectivity index (χ3v) is 9.95. The zero-order chi connectivity index (χ0) is 39.3. The summed E-state index contributed by atoms with van der Waals surface area (Å²) < 4.78 is 10.3. The van der Waals surface area contributed by atoms with Crippen molar-refractivity contribution in [2.75, 3.05) is 18.1 Å². The van der Waals surface area contributed by atoms with Crippen molar-refractivity contribution in [1.82, 2.24) is 0 Å². The predicted octanol–water partition coefficient (Wildman–Crippen LogP) is 11.9. The summed E-state index contributed by atoms with van der Waals surface area (Å²) in [4.78, 5) is 25.0. The third-order valence-electron chi connectivity index (χ3n) is 9.95. The van der Waals surface area contributed by atoms with Crippen molar-refractivity contribution in [2.45, 2.75) is 45.4 Å². The van der Waals surface area contributed by atoms with Crippen molar-refractivity contribution in [3.63, 3.8) is 0 Å². The molecular weight excluding hydrogens is 691 g/mol. The Hall–Kier alpha value is -6.46. The highest BCUT2D eigenvalue weighted by atomic mass is 16.5. The molecule has 0 fully saturated rings. The number of nitrogens with zero attached hydrogens (tertiary/aromatic N) is 1. The van der Waals surface area contributed by atoms with Gasteiger partial charge >= 0.3 is 11.9 Å². The standard InChI is InChI=1S/C51H49NO4/c1-5-49(53)55-35-7-9-39-15-21-44(22-16-39)51(43-19-11-37(3)12-20-43)45-25-23-41(24-26-45)42-27-33-48(34-28-42)52(46-29-13-38(4)14-30-46)47-31-17-40(18-32-47)10-8-36-56-50(54)6-2/h5-6,11-34,51H,1-2,7-10,35-36H2,3-4H3. The van der Waals surface area contributed by atoms with Gasteiger partial charge in [0.05, 0.1) is 13.2 Å². The SMILES string of the molecule is C=CC(=O)OCCCc1ccc(C(c2ccc(C)cc2)c2ccc(-c3ccc(N(c4ccc(C)cc4)c4ccc(CCCOC(=O)C=C)cc4)cc3)cc2)cc1. The number of carbonyl (C=O) groups is 2. The first-order chi connectivity index (χ1) is 27.3. The minimum atomic E-state index is -0.387. The lowest BCUT2D eigenvalue weighted by Gasteiger charge is -2.26. The first kappa shape index (κ1) is 39.2. The van der Waals surface area contributed by atoms with Crippen LogP contribution in [-0.4, -0.2) is 25.2 Å². The molecule has 0 saturated carbocycles. The van der Waals surface area contributed by atoms with E-state index in [-0.39, 0.29) is 17.9 Å². The second-order valence-electron chi connectivity index (χ2n) is 14.0. The Labute approximate surface area is 331 Å². The molecule has 0 amide bonds. The smallest absolute Gasteiger partial charge is 0.330 e. The molecule has 0 aliphatic rings. The summed E-state index contributed by atoms with van der Waals surface area (Å²) in [5, 5.41) is 0. The number of hydrogen-bond acceptors (Lipinski definition) is 5. The highest BCUT2D eigenvalue weighted by Crippen LogP contribution is 2.37. The van der Waals surface area contributed by atoms with Crippen LogP contribution in [0, 0.1) is 13.8 Å². The van der Waals surface area contributed by atoms with E-state index in [9.17, 15) is 9.59 Å². The fourth-order valence-corrected chi connectivity index (χ4v) is 6.85. The Morgan fingerprint density at radius 3 is 1.25 bits per heavy atom. The molecule has 0 saturated heterocycles. The van der Waals surface area contributed by atoms with Crippen molar-refractivity contribution in [2.24, 2.45) is 0 Å². The number of hydrogen-bond donors (Lipinski definition) is 0. The Bertz CT molecular complexity index is 2040. The van der Waals surface area contributed by atoms with Crippen molar-refractivity contribution in [3.8, 4) is 11.1 Å². The summed E-state index contributed by atoms with van der Waals surface area (Å²) in [5.74, 6) is -0.687. The molecule has 6 rings (SSSR count). The molecule has 1 atom stereocenters. The molecule has 5 nitrogen and oxygen atoms in total. The molecule has 0 spiro atoms. The van der Waals surface area contributed by atoms with Gasteiger partial charge in [0.15, 0.2) is 0 Å². The molecule has 0 aromatic heterocycles. The van der Waals surface area contributed by atoms with Gasteiger partial charge in [-0.1, -0.05) is 133 Å². The van der Waals surface area contributed by atoms with E-state index < -0.39 is 0 Å². The Morgan fingerprint density at radius 1 is 0.500 bits per heavy atom. The second kappa shape index (κ2) is 19.2. The normalized spacial score (nSPS) is 11.3. The number of aryl methyl sites for hydroxylation is 4. The molecule has 0 N–H and O–H groups in total. The lowest BCUT2D eigenvalue weighted by molar-refractivity contribution is -0.138. The molecule has 6 aromatic carbocycles. The van der Waals surface area contributed by atoms with E-state index in [1.165, 1.54) is 51.1 Å². The van der Waals surface area contributed by atoms with Gasteiger partial charge in [0.1, 0.15) is 0 Å². The maximum absolute atomic E-state index is 11.4. The van der Waals surface area contributed by atoms with Crippen LogP contribution in [0.4, 0.5) is 17.1 Å². The summed E-state index contributed by atoms with van der Waals surface area (Å²) >= 11 is 0. The van der Waals surface area contributed by atoms with Gasteiger partial charge in [-0.2, -0.15) is 0 Å². The predicted molar refractivity (Wildman–Crippen MR) is 229 cm³/mol. The summed E-state index contributed by atoms with van der Waals surface area (Å²) in [6.45, 7) is 11.9. The average molecular weight is 740 g/mol. The van der Waals surface area contributed by atoms with Gasteiger partial charge in [-0.25, -0.2) is 9.59 Å². The fraction of sp³-hybridized carbons (Fsp3) is 0.176. The minimum absolute atomic E-state index is 0.0823. The summed E-state index contributed by atoms with van der Waals surface area (Å²) in [5.41, 5.74) is 14.1. The van der Waals surface area contributed by atoms with Crippen LogP contribution in [0.15, 0.2) is 171 Å². The summed E-state index contributed by atoms with van der Waals surface area (Å²) in [7, 11) is 0. The van der Waals surface area contributed by atoms with E-state index in [0.717, 1.165) is 53.9 Å². The van der Waals surface area contributed by atoms with Crippen LogP contribution in [0.25, 0.3) is 11.1 Å². The van der Waals surface area contributed by atoms with Crippen molar-refractivity contribution in [1.29, 1.82) is 0 Å². The zero-order valence-electron chi connectivity index (χ0n) is 32.3. The number of esters is 2. The van der Waals surface area contributed by atoms with Crippen LogP contribution in [0.5, 0.6) is 0 Å². The molecule has 6 aromatic rings. The number of carbonyl (C=O) groups excluding carboxylic acids is 2. The van der Waals surface area contributed by atoms with E-state index in [2.05, 4.69) is 177 Å². The van der Waals surface area contributed by atoms with Crippen LogP contribution < -0.4 is 4.90 Å². The lowest BCUT2D eigenvalue weighted by Crippen LogP contribution is -2.10. The first-order valence-electron chi connectivity index (χ1n) is 19.2. The minimum Gasteiger partial charge on any atom is -0.463 e. The number of ether oxygens (including phenoxy) is 2. The molecule has 0 aliphatic carbocycles. The van der Waals surface area contributed by atoms with E-state index in [1.54, 1.807) is 0 Å². The van der Waals surface area contributed by atoms with Crippen LogP contribution >= 0.6 is 0 Å². The second-order valence-corrected chi connectivity index (χ2v) is 14.0. The average Bonchev–Trinajstić information content (AvgIpc) is 3.24. The van der Waals surface area contributed by atoms with E-state index in [1.807, 2.05) is 0 Å². The van der Waals surface area contributed by atoms with E-state index in [4.69, 9.17) is 9.47 Å². The Balaban J connectivity index is 1.20. The molecule has 1 unspecified atom stereocenters. The van der Waals surface area contributed by atoms with Crippen LogP contribution in [-0.2, 0) is 31.9 Å². The molecule has 5 heteroatoms. The molecule has 0 bridgehead atoms. The molecule has 0 aliphatic heterocycles. The molecular formula is C51H49NO4. The maximum Gasteiger partial charge on any atom is 0.330 e. The Kier molecular flexibility index (Phi) is 13.5. The monoisotopic (exact) mass is 739 g/mol. The van der Waals surface area contributed by atoms with E-state index >= 15 is 0 Å². The van der Waals surface area contributed by atoms with Gasteiger partial charge in [-0.05, 0) is 115 Å². The molecule has 0 radical (unpaired) electrons. The zero-order valence-corrected chi connectivity index (χ0v) is 32.3. The lowest BCUT2D eigenvalue weighted by atomic mass is 9.84. The summed E-state index contributed by atoms with van der Waals surface area (Å²) in [6, 6.07) is 52.5. The van der Waals surface area contributed by atoms with Gasteiger partial charge in [0.2, 0.25) is 0 Å². The van der Waals surface area contributed by atoms with E-state index in [0.29, 0.717) is 13.2 Å². The van der Waals surface area contributed by atoms with Gasteiger partial charge < -0.3 is 14.4 Å². The van der Waals surface area contributed by atoms with Gasteiger partial charge in [0, 0.05) is 35.1 Å². The number of rotatable bonds is 17. The van der Waals surface area contributed by atoms with Gasteiger partial charge in [-0.3, -0.25) is 0 Å². The highest BCUT2D eigenvalue weighted by molar-refractivity contribution is 5.81. The van der Waals surface area contributed by atoms with Crippen LogP contribution in [0.1, 0.15) is 57.7 Å². The molecule has 56 heavy (non-hydrogen) atoms. The van der Waals surface area contributed by atoms with Crippen molar-refractivity contribution < 1.29 is 19.1 Å². The maximum atomic E-state index is 11.4. The van der Waals surface area contributed by atoms with Crippen molar-refractivity contribution >= 4 is 29.0 Å². The first-order valence-corrected chi connectivity index (χ1v) is 19.2. The van der Waals surface area contributed by atoms with Gasteiger partial charge in [0.25, 0.3) is 0 Å². The number of anilines is 3. The Morgan fingerprint density at radius 2 is 0.821 bits per heavy atom. The van der Waals surface area contributed by atoms with Crippen LogP contribution in [0.2, 0.25) is 0 Å². The quantitative estimate of drug-likeness (QED) is 0.0403.